The molecule has 0 bridgehead atoms. The molecule has 0 radical (unpaired) electrons. The first-order valence-corrected chi connectivity index (χ1v) is 8.16. The smallest absolute Gasteiger partial charge is 0.252 e. The van der Waals surface area contributed by atoms with Crippen molar-refractivity contribution in [3.05, 3.63) is 0 Å². The molecule has 1 aliphatic carbocycles. The molecule has 1 saturated carbocycles. The van der Waals surface area contributed by atoms with Gasteiger partial charge in [0.15, 0.2) is 0 Å². The predicted octanol–water partition coefficient (Wildman–Crippen LogP) is 2.33. The standard InChI is InChI=1S/C16H30N2O2/c1-4-18(3)16(10-5-6-11-16)13-17-14(19)15(2)9-7-8-12-20-15/h4-13H2,1-3H3,(H,17,19)/t15-/m1/s1. The second-order valence-electron chi connectivity index (χ2n) is 6.66. The van der Waals surface area contributed by atoms with E-state index in [2.05, 4.69) is 24.2 Å². The Morgan fingerprint density at radius 3 is 2.40 bits per heavy atom. The van der Waals surface area contributed by atoms with Crippen LogP contribution in [-0.2, 0) is 9.53 Å². The van der Waals surface area contributed by atoms with Gasteiger partial charge in [0.1, 0.15) is 5.60 Å². The number of nitrogens with one attached hydrogen (secondary N) is 1. The topological polar surface area (TPSA) is 41.6 Å². The third kappa shape index (κ3) is 3.17. The van der Waals surface area contributed by atoms with Crippen molar-refractivity contribution in [2.75, 3.05) is 26.7 Å². The van der Waals surface area contributed by atoms with E-state index in [0.29, 0.717) is 6.61 Å². The quantitative estimate of drug-likeness (QED) is 0.841. The van der Waals surface area contributed by atoms with Gasteiger partial charge >= 0.3 is 0 Å². The van der Waals surface area contributed by atoms with Crippen molar-refractivity contribution in [2.45, 2.75) is 69.9 Å². The van der Waals surface area contributed by atoms with Crippen molar-refractivity contribution < 1.29 is 9.53 Å². The molecule has 2 fully saturated rings. The van der Waals surface area contributed by atoms with Gasteiger partial charge < -0.3 is 10.1 Å². The minimum absolute atomic E-state index is 0.0768. The van der Waals surface area contributed by atoms with Crippen LogP contribution < -0.4 is 5.32 Å². The summed E-state index contributed by atoms with van der Waals surface area (Å²) in [7, 11) is 2.18. The summed E-state index contributed by atoms with van der Waals surface area (Å²) < 4.78 is 5.74. The molecule has 0 unspecified atom stereocenters. The summed E-state index contributed by atoms with van der Waals surface area (Å²) in [5, 5.41) is 3.19. The summed E-state index contributed by atoms with van der Waals surface area (Å²) in [6.07, 6.45) is 7.93. The number of rotatable bonds is 5. The summed E-state index contributed by atoms with van der Waals surface area (Å²) in [5.41, 5.74) is -0.446. The third-order valence-corrected chi connectivity index (χ3v) is 5.35. The maximum absolute atomic E-state index is 12.5. The van der Waals surface area contributed by atoms with Crippen LogP contribution in [0.1, 0.15) is 58.8 Å². The predicted molar refractivity (Wildman–Crippen MR) is 80.7 cm³/mol. The van der Waals surface area contributed by atoms with Crippen LogP contribution in [0.2, 0.25) is 0 Å². The molecule has 2 aliphatic rings. The lowest BCUT2D eigenvalue weighted by molar-refractivity contribution is -0.151. The minimum Gasteiger partial charge on any atom is -0.365 e. The molecular weight excluding hydrogens is 252 g/mol. The Labute approximate surface area is 123 Å². The normalized spacial score (nSPS) is 29.6. The Kier molecular flexibility index (Phi) is 5.08. The number of nitrogens with zero attached hydrogens (tertiary/aromatic N) is 1. The largest absolute Gasteiger partial charge is 0.365 e. The number of hydrogen-bond donors (Lipinski definition) is 1. The van der Waals surface area contributed by atoms with E-state index in [1.54, 1.807) is 0 Å². The molecule has 2 rings (SSSR count). The monoisotopic (exact) mass is 282 g/mol. The Balaban J connectivity index is 1.94. The number of carbonyl (C=O) groups excluding carboxylic acids is 1. The fourth-order valence-electron chi connectivity index (χ4n) is 3.61. The van der Waals surface area contributed by atoms with E-state index in [1.807, 2.05) is 6.92 Å². The molecule has 0 aromatic rings. The molecule has 4 nitrogen and oxygen atoms in total. The molecule has 1 amide bonds. The molecule has 0 spiro atoms. The van der Waals surface area contributed by atoms with Gasteiger partial charge in [-0.15, -0.1) is 0 Å². The molecule has 1 N–H and O–H groups in total. The second kappa shape index (κ2) is 6.44. The van der Waals surface area contributed by atoms with Crippen LogP contribution in [-0.4, -0.2) is 48.7 Å². The van der Waals surface area contributed by atoms with Crippen molar-refractivity contribution in [3.63, 3.8) is 0 Å². The Morgan fingerprint density at radius 2 is 1.85 bits per heavy atom. The van der Waals surface area contributed by atoms with Crippen molar-refractivity contribution in [1.29, 1.82) is 0 Å². The highest BCUT2D eigenvalue weighted by atomic mass is 16.5. The highest BCUT2D eigenvalue weighted by Gasteiger charge is 2.40. The first-order chi connectivity index (χ1) is 9.52. The van der Waals surface area contributed by atoms with Gasteiger partial charge in [-0.05, 0) is 52.6 Å². The zero-order valence-electron chi connectivity index (χ0n) is 13.3. The van der Waals surface area contributed by atoms with E-state index >= 15 is 0 Å². The van der Waals surface area contributed by atoms with Crippen LogP contribution in [0, 0.1) is 0 Å². The molecule has 116 valence electrons. The van der Waals surface area contributed by atoms with Gasteiger partial charge in [-0.25, -0.2) is 0 Å². The first kappa shape index (κ1) is 15.8. The summed E-state index contributed by atoms with van der Waals surface area (Å²) in [6.45, 7) is 6.63. The van der Waals surface area contributed by atoms with Crippen LogP contribution >= 0.6 is 0 Å². The number of likely N-dealkylation sites (N-methyl/N-ethyl adjacent to an activating group) is 1. The van der Waals surface area contributed by atoms with Crippen molar-refractivity contribution in [2.24, 2.45) is 0 Å². The molecule has 0 aromatic heterocycles. The van der Waals surface area contributed by atoms with Crippen molar-refractivity contribution in [3.8, 4) is 0 Å². The fraction of sp³-hybridized carbons (Fsp3) is 0.938. The van der Waals surface area contributed by atoms with Crippen molar-refractivity contribution >= 4 is 5.91 Å². The van der Waals surface area contributed by atoms with E-state index in [4.69, 9.17) is 4.74 Å². The molecule has 0 aromatic carbocycles. The van der Waals surface area contributed by atoms with Crippen LogP contribution in [0.25, 0.3) is 0 Å². The summed E-state index contributed by atoms with van der Waals surface area (Å²) >= 11 is 0. The van der Waals surface area contributed by atoms with Gasteiger partial charge in [-0.1, -0.05) is 19.8 Å². The van der Waals surface area contributed by atoms with Crippen LogP contribution in [0.5, 0.6) is 0 Å². The molecule has 20 heavy (non-hydrogen) atoms. The summed E-state index contributed by atoms with van der Waals surface area (Å²) in [5.74, 6) is 0.0768. The van der Waals surface area contributed by atoms with Gasteiger partial charge in [0.2, 0.25) is 0 Å². The van der Waals surface area contributed by atoms with Gasteiger partial charge in [-0.2, -0.15) is 0 Å². The molecule has 1 heterocycles. The number of ether oxygens (including phenoxy) is 1. The average molecular weight is 282 g/mol. The van der Waals surface area contributed by atoms with E-state index in [0.717, 1.165) is 32.4 Å². The summed E-state index contributed by atoms with van der Waals surface area (Å²) in [4.78, 5) is 14.9. The number of hydrogen-bond acceptors (Lipinski definition) is 3. The van der Waals surface area contributed by atoms with Gasteiger partial charge in [-0.3, -0.25) is 9.69 Å². The van der Waals surface area contributed by atoms with E-state index in [9.17, 15) is 4.79 Å². The third-order valence-electron chi connectivity index (χ3n) is 5.35. The Morgan fingerprint density at radius 1 is 1.20 bits per heavy atom. The maximum Gasteiger partial charge on any atom is 0.252 e. The van der Waals surface area contributed by atoms with Gasteiger partial charge in [0.05, 0.1) is 0 Å². The minimum atomic E-state index is -0.608. The lowest BCUT2D eigenvalue weighted by atomic mass is 9.92. The number of amides is 1. The van der Waals surface area contributed by atoms with E-state index < -0.39 is 5.60 Å². The first-order valence-electron chi connectivity index (χ1n) is 8.16. The lowest BCUT2D eigenvalue weighted by Crippen LogP contribution is -2.56. The zero-order valence-corrected chi connectivity index (χ0v) is 13.3. The maximum atomic E-state index is 12.5. The molecule has 1 atom stereocenters. The Hall–Kier alpha value is -0.610. The van der Waals surface area contributed by atoms with Gasteiger partial charge in [0.25, 0.3) is 5.91 Å². The molecular formula is C16H30N2O2. The highest BCUT2D eigenvalue weighted by Crippen LogP contribution is 2.34. The summed E-state index contributed by atoms with van der Waals surface area (Å²) in [6, 6.07) is 0. The zero-order chi connectivity index (χ0) is 14.6. The van der Waals surface area contributed by atoms with E-state index in [-0.39, 0.29) is 11.4 Å². The number of carbonyl (C=O) groups is 1. The van der Waals surface area contributed by atoms with Crippen LogP contribution in [0.4, 0.5) is 0 Å². The SMILES string of the molecule is CCN(C)C1(CNC(=O)[C@@]2(C)CCCCO2)CCCC1. The fourth-order valence-corrected chi connectivity index (χ4v) is 3.61. The van der Waals surface area contributed by atoms with Crippen LogP contribution in [0.3, 0.4) is 0 Å². The highest BCUT2D eigenvalue weighted by molar-refractivity contribution is 5.84. The molecule has 1 aliphatic heterocycles. The average Bonchev–Trinajstić information content (AvgIpc) is 2.94. The second-order valence-corrected chi connectivity index (χ2v) is 6.66. The molecule has 4 heteroatoms. The van der Waals surface area contributed by atoms with Crippen LogP contribution in [0.15, 0.2) is 0 Å². The lowest BCUT2D eigenvalue weighted by Gasteiger charge is -2.40. The van der Waals surface area contributed by atoms with Gasteiger partial charge in [0, 0.05) is 18.7 Å². The molecule has 1 saturated heterocycles. The Bertz CT molecular complexity index is 331. The van der Waals surface area contributed by atoms with E-state index in [1.165, 1.54) is 25.7 Å². The van der Waals surface area contributed by atoms with Crippen molar-refractivity contribution in [1.82, 2.24) is 10.2 Å².